The Balaban J connectivity index is 2.19. The Morgan fingerprint density at radius 3 is 1.42 bits per heavy atom. The first-order chi connectivity index (χ1) is 18.2. The van der Waals surface area contributed by atoms with Crippen molar-refractivity contribution >= 4 is 93.4 Å². The van der Waals surface area contributed by atoms with Crippen LogP contribution in [0.15, 0.2) is 57.0 Å². The molecular formula is C24H20Cl6O8. The summed E-state index contributed by atoms with van der Waals surface area (Å²) in [6.07, 6.45) is 3.11. The maximum Gasteiger partial charge on any atom is 0.418 e. The smallest absolute Gasteiger partial charge is 0.418 e. The zero-order chi connectivity index (χ0) is 28.2. The van der Waals surface area contributed by atoms with Crippen LogP contribution in [0.25, 0.3) is 0 Å². The molecule has 8 nitrogen and oxygen atoms in total. The Morgan fingerprint density at radius 2 is 1.11 bits per heavy atom. The first kappa shape index (κ1) is 32.4. The minimum Gasteiger partial charge on any atom is -0.492 e. The molecule has 0 radical (unpaired) electrons. The fourth-order valence-electron chi connectivity index (χ4n) is 2.97. The van der Waals surface area contributed by atoms with E-state index in [1.807, 2.05) is 0 Å². The molecule has 0 heterocycles. The van der Waals surface area contributed by atoms with Gasteiger partial charge in [0, 0.05) is 11.8 Å². The maximum atomic E-state index is 12.7. The van der Waals surface area contributed by atoms with Crippen LogP contribution in [-0.2, 0) is 38.1 Å². The van der Waals surface area contributed by atoms with Crippen LogP contribution in [-0.4, -0.2) is 71.8 Å². The Labute approximate surface area is 248 Å². The van der Waals surface area contributed by atoms with Crippen molar-refractivity contribution in [2.75, 3.05) is 25.0 Å². The van der Waals surface area contributed by atoms with E-state index in [0.717, 1.165) is 0 Å². The van der Waals surface area contributed by atoms with Gasteiger partial charge in [0.05, 0.1) is 20.8 Å². The number of hydrogen-bond acceptors (Lipinski definition) is 8. The number of halogens is 6. The Hall–Kier alpha value is -1.86. The van der Waals surface area contributed by atoms with Crippen LogP contribution in [0.2, 0.25) is 0 Å². The minimum absolute atomic E-state index is 0.0393. The number of hydrogen-bond donors (Lipinski definition) is 0. The van der Waals surface area contributed by atoms with Crippen molar-refractivity contribution in [3.05, 3.63) is 57.0 Å². The number of carbonyl (C=O) groups is 2. The van der Waals surface area contributed by atoms with E-state index in [9.17, 15) is 19.2 Å². The summed E-state index contributed by atoms with van der Waals surface area (Å²) in [5.41, 5.74) is -0.607. The molecule has 4 unspecified atom stereocenters. The fourth-order valence-corrected chi connectivity index (χ4v) is 4.47. The second-order valence-electron chi connectivity index (χ2n) is 7.54. The lowest BCUT2D eigenvalue weighted by Crippen LogP contribution is -2.35. The van der Waals surface area contributed by atoms with Gasteiger partial charge in [-0.1, -0.05) is 23.2 Å². The molecule has 0 saturated carbocycles. The normalized spacial score (nSPS) is 20.5. The molecule has 2 rings (SSSR count). The quantitative estimate of drug-likeness (QED) is 0.128. The molecule has 2 aliphatic rings. The molecule has 0 spiro atoms. The van der Waals surface area contributed by atoms with Crippen LogP contribution in [0.1, 0.15) is 12.8 Å². The Bertz CT molecular complexity index is 1040. The summed E-state index contributed by atoms with van der Waals surface area (Å²) in [6.45, 7) is -0.0965. The van der Waals surface area contributed by atoms with E-state index in [0.29, 0.717) is 12.8 Å². The van der Waals surface area contributed by atoms with E-state index >= 15 is 0 Å². The van der Waals surface area contributed by atoms with Gasteiger partial charge in [0.25, 0.3) is 0 Å². The van der Waals surface area contributed by atoms with E-state index in [4.69, 9.17) is 88.6 Å². The molecule has 0 aromatic rings. The summed E-state index contributed by atoms with van der Waals surface area (Å²) in [5.74, 6) is 0.536. The van der Waals surface area contributed by atoms with E-state index in [2.05, 4.69) is 0 Å². The summed E-state index contributed by atoms with van der Waals surface area (Å²) in [7, 11) is 0. The highest BCUT2D eigenvalue weighted by Gasteiger charge is 2.37. The topological polar surface area (TPSA) is 105 Å². The van der Waals surface area contributed by atoms with Gasteiger partial charge in [-0.25, -0.2) is 19.2 Å². The summed E-state index contributed by atoms with van der Waals surface area (Å²) in [6, 6.07) is 0. The molecule has 38 heavy (non-hydrogen) atoms. The molecule has 14 heteroatoms. The second kappa shape index (κ2) is 16.3. The summed E-state index contributed by atoms with van der Waals surface area (Å²) < 4.78 is 21.5. The fraction of sp³-hybridized carbons (Fsp3) is 0.417. The maximum absolute atomic E-state index is 12.7. The van der Waals surface area contributed by atoms with Gasteiger partial charge < -0.3 is 18.9 Å². The number of carbonyl (C=O) groups excluding carboxylic acids is 4. The highest BCUT2D eigenvalue weighted by atomic mass is 35.5. The summed E-state index contributed by atoms with van der Waals surface area (Å²) >= 11 is 35.6. The standard InChI is InChI=1S/C24H20Cl6O8/c25-7-5-13(27)11-35-19-3-1-17(29)15(9-31)21(19)37-23(33)24(34)38-22-16(10-32)18(30)2-4-20(22)36-12-14(28)6-8-26/h1-4,13-14,21-22H,5-8,11-12H2. The highest BCUT2D eigenvalue weighted by Crippen LogP contribution is 2.32. The van der Waals surface area contributed by atoms with Crippen LogP contribution in [0.5, 0.6) is 0 Å². The minimum atomic E-state index is -1.54. The van der Waals surface area contributed by atoms with Crippen LogP contribution < -0.4 is 0 Å². The Kier molecular flexibility index (Phi) is 13.9. The molecule has 0 N–H and O–H groups in total. The average molecular weight is 649 g/mol. The lowest BCUT2D eigenvalue weighted by atomic mass is 10.0. The van der Waals surface area contributed by atoms with Crippen molar-refractivity contribution < 1.29 is 38.1 Å². The van der Waals surface area contributed by atoms with Crippen LogP contribution in [0, 0.1) is 0 Å². The van der Waals surface area contributed by atoms with Crippen molar-refractivity contribution in [3.8, 4) is 0 Å². The summed E-state index contributed by atoms with van der Waals surface area (Å²) in [4.78, 5) is 48.5. The molecule has 0 amide bonds. The third kappa shape index (κ3) is 9.11. The molecule has 0 fully saturated rings. The van der Waals surface area contributed by atoms with Gasteiger partial charge in [0.15, 0.2) is 12.2 Å². The first-order valence-corrected chi connectivity index (χ1v) is 13.6. The van der Waals surface area contributed by atoms with Gasteiger partial charge in [0.2, 0.25) is 0 Å². The van der Waals surface area contributed by atoms with Gasteiger partial charge in [0.1, 0.15) is 47.8 Å². The monoisotopic (exact) mass is 646 g/mol. The summed E-state index contributed by atoms with van der Waals surface area (Å²) in [5, 5.41) is -1.16. The lowest BCUT2D eigenvalue weighted by Gasteiger charge is -2.26. The van der Waals surface area contributed by atoms with Gasteiger partial charge >= 0.3 is 11.9 Å². The lowest BCUT2D eigenvalue weighted by molar-refractivity contribution is -0.171. The molecule has 0 aliphatic heterocycles. The third-order valence-electron chi connectivity index (χ3n) is 4.89. The SMILES string of the molecule is O=C=C1C(Cl)=CC=C(OCC(Cl)CCCl)C1OC(=O)C(=O)OC1C(=C=O)C(Cl)=CC=C1OCC(Cl)CCCl. The molecule has 0 saturated heterocycles. The molecular weight excluding hydrogens is 629 g/mol. The molecule has 2 aliphatic carbocycles. The van der Waals surface area contributed by atoms with Crippen LogP contribution in [0.3, 0.4) is 0 Å². The zero-order valence-electron chi connectivity index (χ0n) is 19.4. The molecule has 206 valence electrons. The number of allylic oxidation sites excluding steroid dienone is 4. The van der Waals surface area contributed by atoms with Crippen LogP contribution in [0.4, 0.5) is 0 Å². The van der Waals surface area contributed by atoms with E-state index < -0.39 is 34.9 Å². The van der Waals surface area contributed by atoms with Crippen LogP contribution >= 0.6 is 69.6 Å². The van der Waals surface area contributed by atoms with Gasteiger partial charge in [-0.15, -0.1) is 46.4 Å². The largest absolute Gasteiger partial charge is 0.492 e. The van der Waals surface area contributed by atoms with Crippen molar-refractivity contribution in [3.63, 3.8) is 0 Å². The Morgan fingerprint density at radius 1 is 0.737 bits per heavy atom. The van der Waals surface area contributed by atoms with E-state index in [1.54, 1.807) is 11.9 Å². The van der Waals surface area contributed by atoms with Gasteiger partial charge in [-0.3, -0.25) is 0 Å². The first-order valence-electron chi connectivity index (χ1n) is 10.9. The van der Waals surface area contributed by atoms with Crippen molar-refractivity contribution in [2.45, 2.75) is 35.8 Å². The van der Waals surface area contributed by atoms with Gasteiger partial charge in [-0.2, -0.15) is 0 Å². The van der Waals surface area contributed by atoms with Crippen molar-refractivity contribution in [1.82, 2.24) is 0 Å². The second-order valence-corrected chi connectivity index (χ2v) is 10.3. The van der Waals surface area contributed by atoms with E-state index in [1.165, 1.54) is 24.3 Å². The zero-order valence-corrected chi connectivity index (χ0v) is 23.9. The highest BCUT2D eigenvalue weighted by molar-refractivity contribution is 6.34. The molecule has 0 aromatic heterocycles. The molecule has 4 atom stereocenters. The number of ether oxygens (including phenoxy) is 4. The van der Waals surface area contributed by atoms with Crippen molar-refractivity contribution in [1.29, 1.82) is 0 Å². The van der Waals surface area contributed by atoms with Crippen molar-refractivity contribution in [2.24, 2.45) is 0 Å². The number of rotatable bonds is 12. The predicted molar refractivity (Wildman–Crippen MR) is 144 cm³/mol. The molecule has 0 aromatic carbocycles. The third-order valence-corrected chi connectivity index (χ3v) is 6.67. The van der Waals surface area contributed by atoms with Gasteiger partial charge in [-0.05, 0) is 37.1 Å². The number of alkyl halides is 4. The average Bonchev–Trinajstić information content (AvgIpc) is 2.88. The molecule has 0 bridgehead atoms. The van der Waals surface area contributed by atoms with E-state index in [-0.39, 0.29) is 57.7 Å². The predicted octanol–water partition coefficient (Wildman–Crippen LogP) is 4.87. The number of esters is 2.